The smallest absolute Gasteiger partial charge is 0.485 e. The summed E-state index contributed by atoms with van der Waals surface area (Å²) in [6.45, 7) is 39.2. The third-order valence-corrected chi connectivity index (χ3v) is 27.9. The minimum Gasteiger partial charge on any atom is -0.741 e. The molecule has 0 aromatic carbocycles. The Kier molecular flexibility index (Phi) is 13.7. The lowest BCUT2D eigenvalue weighted by molar-refractivity contribution is -0.699. The monoisotopic (exact) mass is 768 g/mol. The van der Waals surface area contributed by atoms with Crippen LogP contribution in [0, 0.1) is 11.8 Å². The van der Waals surface area contributed by atoms with E-state index in [4.69, 9.17) is 26.2 Å². The minimum absolute atomic E-state index is 0.114. The molecule has 2 aliphatic rings. The van der Waals surface area contributed by atoms with Gasteiger partial charge in [0.05, 0.1) is 12.6 Å². The van der Waals surface area contributed by atoms with Crippen molar-refractivity contribution >= 4 is 35.0 Å². The molecule has 284 valence electrons. The number of aryl methyl sites for hydroxylation is 1. The molecule has 15 heteroatoms. The van der Waals surface area contributed by atoms with Gasteiger partial charge in [0.15, 0.2) is 39.1 Å². The van der Waals surface area contributed by atoms with Crippen LogP contribution < -0.4 is 4.57 Å². The highest BCUT2D eigenvalue weighted by Crippen LogP contribution is 2.59. The Morgan fingerprint density at radius 3 is 1.84 bits per heavy atom. The molecule has 0 spiro atoms. The number of hydrogen-bond acceptors (Lipinski definition) is 7. The molecule has 1 saturated heterocycles. The Morgan fingerprint density at radius 2 is 1.43 bits per heavy atom. The lowest BCUT2D eigenvalue weighted by atomic mass is 10.2. The van der Waals surface area contributed by atoms with Crippen LogP contribution >= 0.6 is 0 Å². The molecule has 0 saturated carbocycles. The molecule has 2 unspecified atom stereocenters. The molecule has 2 aliphatic heterocycles. The number of alkyl halides is 3. The Morgan fingerprint density at radius 1 is 0.959 bits per heavy atom. The van der Waals surface area contributed by atoms with Crippen molar-refractivity contribution in [3.63, 3.8) is 0 Å². The molecular weight excluding hydrogens is 706 g/mol. The van der Waals surface area contributed by atoms with Gasteiger partial charge in [-0.1, -0.05) is 94.9 Å². The summed E-state index contributed by atoms with van der Waals surface area (Å²) in [4.78, 5) is 0. The number of nitrogens with zero attached hydrogens (tertiary/aromatic N) is 2. The molecule has 1 fully saturated rings. The first kappa shape index (κ1) is 44.2. The Labute approximate surface area is 298 Å². The van der Waals surface area contributed by atoms with Gasteiger partial charge in [0.2, 0.25) is 6.20 Å². The maximum absolute atomic E-state index is 10.7. The summed E-state index contributed by atoms with van der Waals surface area (Å²) in [5.74, 6) is 9.08. The van der Waals surface area contributed by atoms with E-state index in [0.29, 0.717) is 18.7 Å². The van der Waals surface area contributed by atoms with Gasteiger partial charge in [0.1, 0.15) is 20.4 Å². The predicted molar refractivity (Wildman–Crippen MR) is 195 cm³/mol. The summed E-state index contributed by atoms with van der Waals surface area (Å²) in [5, 5.41) is 0.317. The van der Waals surface area contributed by atoms with Gasteiger partial charge in [-0.25, -0.2) is 8.42 Å². The lowest BCUT2D eigenvalue weighted by Gasteiger charge is -2.45. The van der Waals surface area contributed by atoms with Crippen LogP contribution in [0.4, 0.5) is 13.2 Å². The third kappa shape index (κ3) is 9.91. The van der Waals surface area contributed by atoms with E-state index in [0.717, 1.165) is 41.8 Å². The zero-order chi connectivity index (χ0) is 38.3. The normalized spacial score (nSPS) is 20.8. The third-order valence-electron chi connectivity index (χ3n) is 11.4. The van der Waals surface area contributed by atoms with Gasteiger partial charge in [-0.2, -0.15) is 17.7 Å². The maximum atomic E-state index is 10.7. The van der Waals surface area contributed by atoms with E-state index in [1.165, 1.54) is 5.89 Å². The van der Waals surface area contributed by atoms with Crippen LogP contribution in [0.3, 0.4) is 0 Å². The van der Waals surface area contributed by atoms with Gasteiger partial charge in [0.25, 0.3) is 0 Å². The van der Waals surface area contributed by atoms with Gasteiger partial charge in [-0.05, 0) is 59.3 Å². The van der Waals surface area contributed by atoms with Gasteiger partial charge >= 0.3 is 11.4 Å². The highest BCUT2D eigenvalue weighted by Gasteiger charge is 2.71. The number of fused-ring (bicyclic) bond motifs is 3. The van der Waals surface area contributed by atoms with Crippen LogP contribution in [0.2, 0.25) is 52.9 Å². The van der Waals surface area contributed by atoms with Crippen LogP contribution in [-0.2, 0) is 31.9 Å². The van der Waals surface area contributed by atoms with Crippen molar-refractivity contribution in [2.75, 3.05) is 6.61 Å². The summed E-state index contributed by atoms with van der Waals surface area (Å²) >= 11 is 0. The van der Waals surface area contributed by atoms with Crippen LogP contribution in [-0.4, -0.2) is 66.7 Å². The second-order valence-electron chi connectivity index (χ2n) is 17.6. The molecule has 1 aromatic rings. The number of oxazole rings is 1. The molecule has 1 aromatic heterocycles. The fourth-order valence-corrected chi connectivity index (χ4v) is 16.3. The lowest BCUT2D eigenvalue weighted by Crippen LogP contribution is -2.55. The van der Waals surface area contributed by atoms with Crippen LogP contribution in [0.5, 0.6) is 0 Å². The van der Waals surface area contributed by atoms with Gasteiger partial charge in [-0.3, -0.25) is 4.57 Å². The van der Waals surface area contributed by atoms with E-state index < -0.39 is 40.5 Å². The van der Waals surface area contributed by atoms with Crippen molar-refractivity contribution in [3.05, 3.63) is 17.8 Å². The molecule has 3 rings (SSSR count). The van der Waals surface area contributed by atoms with Crippen molar-refractivity contribution < 1.29 is 44.0 Å². The first-order valence-electron chi connectivity index (χ1n) is 17.5. The van der Waals surface area contributed by atoms with E-state index in [1.54, 1.807) is 0 Å². The Bertz CT molecular complexity index is 1430. The molecule has 4 atom stereocenters. The average molecular weight is 769 g/mol. The molecule has 0 amide bonds. The average Bonchev–Trinajstić information content (AvgIpc) is 3.23. The van der Waals surface area contributed by atoms with E-state index in [-0.39, 0.29) is 16.2 Å². The van der Waals surface area contributed by atoms with Gasteiger partial charge < -0.3 is 17.8 Å². The topological polar surface area (TPSA) is 95.7 Å². The highest BCUT2D eigenvalue weighted by atomic mass is 32.2. The molecule has 3 heterocycles. The van der Waals surface area contributed by atoms with Crippen molar-refractivity contribution in [2.45, 2.75) is 179 Å². The minimum atomic E-state index is -6.09. The van der Waals surface area contributed by atoms with Crippen molar-refractivity contribution in [1.29, 1.82) is 0 Å². The van der Waals surface area contributed by atoms with Crippen molar-refractivity contribution in [3.8, 4) is 11.8 Å². The zero-order valence-corrected chi connectivity index (χ0v) is 36.6. The fourth-order valence-electron chi connectivity index (χ4n) is 6.88. The van der Waals surface area contributed by atoms with E-state index in [9.17, 15) is 13.2 Å². The van der Waals surface area contributed by atoms with E-state index >= 15 is 0 Å². The Balaban J connectivity index is 0.000000924. The summed E-state index contributed by atoms with van der Waals surface area (Å²) in [6.07, 6.45) is 3.83. The van der Waals surface area contributed by atoms with Crippen molar-refractivity contribution in [2.24, 2.45) is 0 Å². The number of rotatable bonds is 11. The number of aromatic nitrogens is 1. The van der Waals surface area contributed by atoms with Gasteiger partial charge in [-0.15, -0.1) is 0 Å². The standard InChI is InChI=1S/C33H63N2O3Si3.CHF3O3S/c1-24(2)41(25(3)4,26(5)6)35-29-23-34-22-28(37-31(34)30(29)35)20-19-27(38-40(15,16)33(10,11)12)18-17-21-36-39(13,14)32(7,8)9;2-1(3,4)8(5,6)7/h22,24-27,29-30H,19-21,23H2,1-16H3;(H,5,6,7)/q+1;/p-1/t27?,29-,30-,35?;/m0./s1. The predicted octanol–water partition coefficient (Wildman–Crippen LogP) is 8.88. The van der Waals surface area contributed by atoms with Crippen LogP contribution in [0.25, 0.3) is 0 Å². The first-order valence-corrected chi connectivity index (χ1v) is 26.9. The first-order chi connectivity index (χ1) is 21.8. The quantitative estimate of drug-likeness (QED) is 0.0555. The molecule has 0 radical (unpaired) electrons. The fraction of sp³-hybridized carbons (Fsp3) is 0.853. The van der Waals surface area contributed by atoms with Gasteiger partial charge in [0, 0.05) is 6.42 Å². The number of hydrogen-bond donors (Lipinski definition) is 0. The molecule has 49 heavy (non-hydrogen) atoms. The Hall–Kier alpha value is -0.999. The molecular formula is C34H63F3N2O6SSi3. The van der Waals surface area contributed by atoms with E-state index in [1.807, 2.05) is 0 Å². The second-order valence-corrected chi connectivity index (χ2v) is 34.3. The molecule has 0 aliphatic carbocycles. The number of halogens is 3. The van der Waals surface area contributed by atoms with Crippen LogP contribution in [0.15, 0.2) is 10.6 Å². The molecule has 0 bridgehead atoms. The summed E-state index contributed by atoms with van der Waals surface area (Å²) in [5.41, 5.74) is -3.47. The van der Waals surface area contributed by atoms with Crippen LogP contribution in [0.1, 0.15) is 107 Å². The van der Waals surface area contributed by atoms with E-state index in [2.05, 4.69) is 136 Å². The SMILES string of the molecule is CC(C)[Si](C(C)C)(C(C)C)N1[C@@H]2c3oc(CCC(C#CCO[Si](C)(C)C(C)(C)C)O[Si](C)(C)C(C)(C)C)c[n+]3C[C@@H]21.O=S(=O)([O-])C(F)(F)F. The second kappa shape index (κ2) is 15.2. The zero-order valence-electron chi connectivity index (χ0n) is 32.8. The molecule has 8 nitrogen and oxygen atoms in total. The summed E-state index contributed by atoms with van der Waals surface area (Å²) in [6, 6.07) is 1.09. The summed E-state index contributed by atoms with van der Waals surface area (Å²) < 4.78 is 84.0. The summed E-state index contributed by atoms with van der Waals surface area (Å²) in [7, 11) is -11.5. The van der Waals surface area contributed by atoms with Crippen molar-refractivity contribution in [1.82, 2.24) is 4.57 Å². The largest absolute Gasteiger partial charge is 0.741 e. The molecule has 0 N–H and O–H groups in total. The highest BCUT2D eigenvalue weighted by molar-refractivity contribution is 7.86. The maximum Gasteiger partial charge on any atom is 0.485 e.